The van der Waals surface area contributed by atoms with Crippen molar-refractivity contribution < 1.29 is 9.53 Å². The minimum absolute atomic E-state index is 0.199. The van der Waals surface area contributed by atoms with Crippen molar-refractivity contribution in [3.63, 3.8) is 0 Å². The lowest BCUT2D eigenvalue weighted by Gasteiger charge is -2.08. The van der Waals surface area contributed by atoms with Crippen molar-refractivity contribution >= 4 is 39.5 Å². The monoisotopic (exact) mass is 482 g/mol. The van der Waals surface area contributed by atoms with E-state index in [0.717, 1.165) is 11.1 Å². The smallest absolute Gasteiger partial charge is 0.331 e. The van der Waals surface area contributed by atoms with Gasteiger partial charge in [-0.2, -0.15) is 0 Å². The highest BCUT2D eigenvalue weighted by Gasteiger charge is 2.10. The molecule has 4 rings (SSSR count). The summed E-state index contributed by atoms with van der Waals surface area (Å²) in [4.78, 5) is 28.9. The van der Waals surface area contributed by atoms with E-state index in [1.54, 1.807) is 30.3 Å². The molecule has 0 radical (unpaired) electrons. The second-order valence-electron chi connectivity index (χ2n) is 6.20. The van der Waals surface area contributed by atoms with Gasteiger partial charge in [0.25, 0.3) is 5.56 Å². The Morgan fingerprint density at radius 3 is 2.29 bits per heavy atom. The zero-order valence-corrected chi connectivity index (χ0v) is 16.9. The number of halogens is 1. The number of aromatic nitrogens is 2. The van der Waals surface area contributed by atoms with E-state index in [1.807, 2.05) is 42.5 Å². The van der Waals surface area contributed by atoms with Crippen molar-refractivity contribution in [2.75, 3.05) is 0 Å². The van der Waals surface area contributed by atoms with Crippen LogP contribution < -0.4 is 10.3 Å². The van der Waals surface area contributed by atoms with Gasteiger partial charge in [0.1, 0.15) is 12.3 Å². The molecule has 0 aliphatic carbocycles. The van der Waals surface area contributed by atoms with E-state index in [4.69, 9.17) is 4.74 Å². The topological polar surface area (TPSA) is 61.2 Å². The minimum Gasteiger partial charge on any atom is -0.425 e. The SMILES string of the molecule is O=C(Cn1cnc2ccccc2c1=O)Oc1ccc(-c2ccc(I)cc2)cc1. The number of rotatable bonds is 4. The van der Waals surface area contributed by atoms with Crippen LogP contribution in [0.3, 0.4) is 0 Å². The number of nitrogens with zero attached hydrogens (tertiary/aromatic N) is 2. The molecular formula is C22H15IN2O3. The van der Waals surface area contributed by atoms with Gasteiger partial charge in [0.05, 0.1) is 17.2 Å². The van der Waals surface area contributed by atoms with E-state index >= 15 is 0 Å². The Morgan fingerprint density at radius 2 is 1.57 bits per heavy atom. The number of hydrogen-bond acceptors (Lipinski definition) is 4. The summed E-state index contributed by atoms with van der Waals surface area (Å²) in [7, 11) is 0. The summed E-state index contributed by atoms with van der Waals surface area (Å²) in [6, 6.07) is 22.5. The lowest BCUT2D eigenvalue weighted by atomic mass is 10.1. The first-order chi connectivity index (χ1) is 13.6. The molecule has 0 spiro atoms. The summed E-state index contributed by atoms with van der Waals surface area (Å²) in [5.41, 5.74) is 2.46. The van der Waals surface area contributed by atoms with Gasteiger partial charge in [-0.25, -0.2) is 9.78 Å². The highest BCUT2D eigenvalue weighted by Crippen LogP contribution is 2.23. The molecule has 0 aliphatic rings. The molecule has 1 heterocycles. The maximum absolute atomic E-state index is 12.5. The third-order valence-corrected chi connectivity index (χ3v) is 5.01. The maximum atomic E-state index is 12.5. The van der Waals surface area contributed by atoms with Crippen LogP contribution in [0.25, 0.3) is 22.0 Å². The first-order valence-electron chi connectivity index (χ1n) is 8.61. The van der Waals surface area contributed by atoms with Crippen molar-refractivity contribution in [1.29, 1.82) is 0 Å². The second-order valence-corrected chi connectivity index (χ2v) is 7.45. The highest BCUT2D eigenvalue weighted by atomic mass is 127. The molecule has 0 unspecified atom stereocenters. The molecule has 0 bridgehead atoms. The standard InChI is InChI=1S/C22H15IN2O3/c23-17-9-5-15(6-10-17)16-7-11-18(12-8-16)28-21(26)13-25-14-24-20-4-2-1-3-19(20)22(25)27/h1-12,14H,13H2. The molecule has 0 atom stereocenters. The molecule has 5 nitrogen and oxygen atoms in total. The van der Waals surface area contributed by atoms with Gasteiger partial charge in [-0.1, -0.05) is 36.4 Å². The number of benzene rings is 3. The van der Waals surface area contributed by atoms with Gasteiger partial charge in [-0.3, -0.25) is 9.36 Å². The van der Waals surface area contributed by atoms with Crippen LogP contribution in [0.4, 0.5) is 0 Å². The minimum atomic E-state index is -0.527. The molecule has 0 saturated carbocycles. The van der Waals surface area contributed by atoms with Crippen molar-refractivity contribution in [3.8, 4) is 16.9 Å². The van der Waals surface area contributed by atoms with E-state index < -0.39 is 5.97 Å². The van der Waals surface area contributed by atoms with Crippen molar-refractivity contribution in [1.82, 2.24) is 9.55 Å². The quantitative estimate of drug-likeness (QED) is 0.248. The van der Waals surface area contributed by atoms with Gasteiger partial charge in [-0.05, 0) is 70.1 Å². The van der Waals surface area contributed by atoms with Crippen LogP contribution in [0, 0.1) is 3.57 Å². The van der Waals surface area contributed by atoms with Crippen LogP contribution in [-0.2, 0) is 11.3 Å². The van der Waals surface area contributed by atoms with E-state index in [1.165, 1.54) is 14.5 Å². The van der Waals surface area contributed by atoms with Gasteiger partial charge < -0.3 is 4.74 Å². The number of carbonyl (C=O) groups is 1. The molecule has 138 valence electrons. The molecular weight excluding hydrogens is 467 g/mol. The molecule has 0 amide bonds. The number of esters is 1. The maximum Gasteiger partial charge on any atom is 0.331 e. The third kappa shape index (κ3) is 3.96. The van der Waals surface area contributed by atoms with Gasteiger partial charge >= 0.3 is 5.97 Å². The summed E-state index contributed by atoms with van der Waals surface area (Å²) in [5, 5.41) is 0.472. The molecule has 3 aromatic carbocycles. The van der Waals surface area contributed by atoms with Crippen LogP contribution in [0.1, 0.15) is 0 Å². The summed E-state index contributed by atoms with van der Waals surface area (Å²) in [6.45, 7) is -0.199. The number of para-hydroxylation sites is 1. The molecule has 1 aromatic heterocycles. The number of ether oxygens (including phenoxy) is 1. The molecule has 28 heavy (non-hydrogen) atoms. The van der Waals surface area contributed by atoms with Crippen LogP contribution in [-0.4, -0.2) is 15.5 Å². The molecule has 0 fully saturated rings. The predicted molar refractivity (Wildman–Crippen MR) is 116 cm³/mol. The Morgan fingerprint density at radius 1 is 0.929 bits per heavy atom. The number of carbonyl (C=O) groups excluding carboxylic acids is 1. The van der Waals surface area contributed by atoms with Gasteiger partial charge in [-0.15, -0.1) is 0 Å². The van der Waals surface area contributed by atoms with E-state index in [-0.39, 0.29) is 12.1 Å². The van der Waals surface area contributed by atoms with Gasteiger partial charge in [0.15, 0.2) is 0 Å². The van der Waals surface area contributed by atoms with Crippen LogP contribution >= 0.6 is 22.6 Å². The Bertz CT molecular complexity index is 1200. The number of hydrogen-bond donors (Lipinski definition) is 0. The van der Waals surface area contributed by atoms with Gasteiger partial charge in [0, 0.05) is 3.57 Å². The van der Waals surface area contributed by atoms with E-state index in [0.29, 0.717) is 16.7 Å². The summed E-state index contributed by atoms with van der Waals surface area (Å²) < 4.78 is 7.79. The molecule has 4 aromatic rings. The lowest BCUT2D eigenvalue weighted by molar-refractivity contribution is -0.135. The summed E-state index contributed by atoms with van der Waals surface area (Å²) in [5.74, 6) is -0.0951. The fourth-order valence-electron chi connectivity index (χ4n) is 2.88. The summed E-state index contributed by atoms with van der Waals surface area (Å²) >= 11 is 2.26. The predicted octanol–water partition coefficient (Wildman–Crippen LogP) is 4.27. The normalized spacial score (nSPS) is 10.8. The average Bonchev–Trinajstić information content (AvgIpc) is 2.71. The summed E-state index contributed by atoms with van der Waals surface area (Å²) in [6.07, 6.45) is 1.37. The van der Waals surface area contributed by atoms with Crippen molar-refractivity contribution in [3.05, 3.63) is 93.0 Å². The third-order valence-electron chi connectivity index (χ3n) is 4.29. The fourth-order valence-corrected chi connectivity index (χ4v) is 3.24. The van der Waals surface area contributed by atoms with E-state index in [2.05, 4.69) is 27.6 Å². The average molecular weight is 482 g/mol. The first-order valence-corrected chi connectivity index (χ1v) is 9.69. The van der Waals surface area contributed by atoms with Crippen molar-refractivity contribution in [2.45, 2.75) is 6.54 Å². The number of fused-ring (bicyclic) bond motifs is 1. The van der Waals surface area contributed by atoms with E-state index in [9.17, 15) is 9.59 Å². The fraction of sp³-hybridized carbons (Fsp3) is 0.0455. The van der Waals surface area contributed by atoms with Gasteiger partial charge in [0.2, 0.25) is 0 Å². The molecule has 6 heteroatoms. The first kappa shape index (κ1) is 18.4. The molecule has 0 N–H and O–H groups in total. The lowest BCUT2D eigenvalue weighted by Crippen LogP contribution is -2.26. The van der Waals surface area contributed by atoms with Crippen LogP contribution in [0.15, 0.2) is 83.9 Å². The Labute approximate surface area is 174 Å². The Balaban J connectivity index is 1.47. The Hall–Kier alpha value is -3.00. The molecule has 0 aliphatic heterocycles. The van der Waals surface area contributed by atoms with Crippen molar-refractivity contribution in [2.24, 2.45) is 0 Å². The van der Waals surface area contributed by atoms with Crippen LogP contribution in [0.5, 0.6) is 5.75 Å². The Kier molecular flexibility index (Phi) is 5.21. The zero-order chi connectivity index (χ0) is 19.5. The zero-order valence-electron chi connectivity index (χ0n) is 14.7. The van der Waals surface area contributed by atoms with Crippen LogP contribution in [0.2, 0.25) is 0 Å². The largest absolute Gasteiger partial charge is 0.425 e. The second kappa shape index (κ2) is 7.93. The molecule has 0 saturated heterocycles. The highest BCUT2D eigenvalue weighted by molar-refractivity contribution is 14.1.